The van der Waals surface area contributed by atoms with Crippen LogP contribution in [0.15, 0.2) is 81.7 Å². The van der Waals surface area contributed by atoms with E-state index in [1.165, 1.54) is 0 Å². The molecule has 0 heterocycles. The molecule has 0 saturated carbocycles. The molecule has 2 atom stereocenters. The SMILES string of the molecule is CC(C(=O)C(C)c1cccc2ccc(Br)cc12)c1cccc2ccc(Br)cc12. The van der Waals surface area contributed by atoms with Gasteiger partial charge in [-0.15, -0.1) is 0 Å². The molecule has 0 saturated heterocycles. The quantitative estimate of drug-likeness (QED) is 0.280. The Labute approximate surface area is 182 Å². The summed E-state index contributed by atoms with van der Waals surface area (Å²) in [6, 6.07) is 24.9. The molecule has 0 aliphatic heterocycles. The van der Waals surface area contributed by atoms with Gasteiger partial charge in [-0.25, -0.2) is 0 Å². The van der Waals surface area contributed by atoms with Crippen molar-refractivity contribution in [3.63, 3.8) is 0 Å². The Morgan fingerprint density at radius 2 is 1.11 bits per heavy atom. The van der Waals surface area contributed by atoms with Crippen LogP contribution < -0.4 is 0 Å². The second-order valence-electron chi connectivity index (χ2n) is 7.27. The Morgan fingerprint density at radius 3 is 1.54 bits per heavy atom. The summed E-state index contributed by atoms with van der Waals surface area (Å²) < 4.78 is 2.05. The predicted molar refractivity (Wildman–Crippen MR) is 125 cm³/mol. The van der Waals surface area contributed by atoms with Gasteiger partial charge in [0, 0.05) is 20.8 Å². The largest absolute Gasteiger partial charge is 0.298 e. The number of rotatable bonds is 4. The third kappa shape index (κ3) is 3.54. The van der Waals surface area contributed by atoms with E-state index in [4.69, 9.17) is 0 Å². The average Bonchev–Trinajstić information content (AvgIpc) is 2.71. The molecule has 0 fully saturated rings. The fraction of sp³-hybridized carbons (Fsp3) is 0.160. The molecule has 0 radical (unpaired) electrons. The number of carbonyl (C=O) groups excluding carboxylic acids is 1. The predicted octanol–water partition coefficient (Wildman–Crippen LogP) is 7.99. The Hall–Kier alpha value is -1.97. The second-order valence-corrected chi connectivity index (χ2v) is 9.10. The van der Waals surface area contributed by atoms with Crippen LogP contribution in [0.5, 0.6) is 0 Å². The van der Waals surface area contributed by atoms with Gasteiger partial charge in [-0.1, -0.05) is 94.2 Å². The summed E-state index contributed by atoms with van der Waals surface area (Å²) in [5.41, 5.74) is 2.16. The number of halogens is 2. The molecule has 0 bridgehead atoms. The van der Waals surface area contributed by atoms with Crippen LogP contribution >= 0.6 is 31.9 Å². The van der Waals surface area contributed by atoms with Gasteiger partial charge in [0.15, 0.2) is 0 Å². The van der Waals surface area contributed by atoms with Crippen molar-refractivity contribution in [1.82, 2.24) is 0 Å². The molecule has 4 aromatic carbocycles. The van der Waals surface area contributed by atoms with Crippen LogP contribution in [-0.2, 0) is 4.79 Å². The first kappa shape index (κ1) is 19.4. The standard InChI is InChI=1S/C25H20Br2O/c1-15(21-7-3-5-17-9-11-19(26)13-23(17)21)25(28)16(2)22-8-4-6-18-10-12-20(27)14-24(18)22/h3-16H,1-2H3. The van der Waals surface area contributed by atoms with E-state index in [1.807, 2.05) is 38.1 Å². The summed E-state index contributed by atoms with van der Waals surface area (Å²) in [7, 11) is 0. The summed E-state index contributed by atoms with van der Waals surface area (Å²) in [5, 5.41) is 4.57. The van der Waals surface area contributed by atoms with Gasteiger partial charge in [-0.2, -0.15) is 0 Å². The first-order chi connectivity index (χ1) is 13.5. The number of carbonyl (C=O) groups is 1. The summed E-state index contributed by atoms with van der Waals surface area (Å²) >= 11 is 7.13. The molecule has 0 N–H and O–H groups in total. The highest BCUT2D eigenvalue weighted by Crippen LogP contribution is 2.35. The van der Waals surface area contributed by atoms with Crippen molar-refractivity contribution in [2.24, 2.45) is 0 Å². The van der Waals surface area contributed by atoms with Crippen LogP contribution in [-0.4, -0.2) is 5.78 Å². The van der Waals surface area contributed by atoms with Crippen LogP contribution in [0.4, 0.5) is 0 Å². The number of hydrogen-bond acceptors (Lipinski definition) is 1. The molecular formula is C25H20Br2O. The van der Waals surface area contributed by atoms with Gasteiger partial charge >= 0.3 is 0 Å². The topological polar surface area (TPSA) is 17.1 Å². The van der Waals surface area contributed by atoms with E-state index in [9.17, 15) is 4.79 Å². The Balaban J connectivity index is 1.76. The first-order valence-electron chi connectivity index (χ1n) is 9.36. The number of Topliss-reactive ketones (excluding diaryl/α,β-unsaturated/α-hetero) is 1. The maximum atomic E-state index is 13.5. The van der Waals surface area contributed by atoms with Crippen molar-refractivity contribution in [2.45, 2.75) is 25.7 Å². The van der Waals surface area contributed by atoms with E-state index < -0.39 is 0 Å². The number of benzene rings is 4. The average molecular weight is 496 g/mol. The molecule has 4 aromatic rings. The van der Waals surface area contributed by atoms with Crippen LogP contribution in [0.1, 0.15) is 36.8 Å². The highest BCUT2D eigenvalue weighted by Gasteiger charge is 2.25. The maximum absolute atomic E-state index is 13.5. The molecule has 0 amide bonds. The van der Waals surface area contributed by atoms with E-state index in [1.54, 1.807) is 0 Å². The van der Waals surface area contributed by atoms with Gasteiger partial charge in [-0.05, 0) is 56.9 Å². The van der Waals surface area contributed by atoms with Gasteiger partial charge in [-0.3, -0.25) is 4.79 Å². The van der Waals surface area contributed by atoms with Gasteiger partial charge in [0.1, 0.15) is 5.78 Å². The van der Waals surface area contributed by atoms with E-state index in [0.29, 0.717) is 0 Å². The highest BCUT2D eigenvalue weighted by molar-refractivity contribution is 9.10. The second kappa shape index (κ2) is 7.81. The van der Waals surface area contributed by atoms with E-state index in [0.717, 1.165) is 41.6 Å². The Morgan fingerprint density at radius 1 is 0.679 bits per heavy atom. The highest BCUT2D eigenvalue weighted by atomic mass is 79.9. The lowest BCUT2D eigenvalue weighted by molar-refractivity contribution is -0.121. The smallest absolute Gasteiger partial charge is 0.147 e. The van der Waals surface area contributed by atoms with E-state index in [2.05, 4.69) is 80.4 Å². The fourth-order valence-electron chi connectivity index (χ4n) is 3.97. The minimum Gasteiger partial charge on any atom is -0.298 e. The van der Waals surface area contributed by atoms with Crippen LogP contribution in [0, 0.1) is 0 Å². The third-order valence-corrected chi connectivity index (χ3v) is 6.53. The zero-order valence-electron chi connectivity index (χ0n) is 15.7. The summed E-state index contributed by atoms with van der Waals surface area (Å²) in [6.45, 7) is 4.05. The van der Waals surface area contributed by atoms with Crippen molar-refractivity contribution in [1.29, 1.82) is 0 Å². The van der Waals surface area contributed by atoms with Gasteiger partial charge < -0.3 is 0 Å². The minimum atomic E-state index is -0.185. The lowest BCUT2D eigenvalue weighted by Crippen LogP contribution is -2.17. The summed E-state index contributed by atoms with van der Waals surface area (Å²) in [4.78, 5) is 13.5. The number of ketones is 1. The third-order valence-electron chi connectivity index (χ3n) is 5.54. The molecule has 3 heteroatoms. The van der Waals surface area contributed by atoms with Crippen LogP contribution in [0.3, 0.4) is 0 Å². The Bertz CT molecular complexity index is 1100. The van der Waals surface area contributed by atoms with Crippen molar-refractivity contribution in [3.8, 4) is 0 Å². The van der Waals surface area contributed by atoms with Crippen molar-refractivity contribution < 1.29 is 4.79 Å². The molecule has 140 valence electrons. The van der Waals surface area contributed by atoms with Crippen LogP contribution in [0.25, 0.3) is 21.5 Å². The molecule has 1 nitrogen and oxygen atoms in total. The number of hydrogen-bond donors (Lipinski definition) is 0. The van der Waals surface area contributed by atoms with E-state index >= 15 is 0 Å². The zero-order chi connectivity index (χ0) is 19.8. The van der Waals surface area contributed by atoms with Gasteiger partial charge in [0.2, 0.25) is 0 Å². The molecule has 2 unspecified atom stereocenters. The van der Waals surface area contributed by atoms with Crippen molar-refractivity contribution in [2.75, 3.05) is 0 Å². The molecule has 28 heavy (non-hydrogen) atoms. The lowest BCUT2D eigenvalue weighted by Gasteiger charge is -2.20. The Kier molecular flexibility index (Phi) is 5.39. The maximum Gasteiger partial charge on any atom is 0.147 e. The van der Waals surface area contributed by atoms with Gasteiger partial charge in [0.05, 0.1) is 0 Å². The summed E-state index contributed by atoms with van der Waals surface area (Å²) in [5.74, 6) is -0.134. The van der Waals surface area contributed by atoms with Crippen molar-refractivity contribution >= 4 is 59.2 Å². The lowest BCUT2D eigenvalue weighted by atomic mass is 9.82. The molecule has 0 aliphatic rings. The molecule has 0 aromatic heterocycles. The van der Waals surface area contributed by atoms with E-state index in [-0.39, 0.29) is 17.6 Å². The fourth-order valence-corrected chi connectivity index (χ4v) is 4.70. The van der Waals surface area contributed by atoms with Gasteiger partial charge in [0.25, 0.3) is 0 Å². The monoisotopic (exact) mass is 494 g/mol. The molecule has 4 rings (SSSR count). The van der Waals surface area contributed by atoms with Crippen LogP contribution in [0.2, 0.25) is 0 Å². The first-order valence-corrected chi connectivity index (χ1v) is 10.9. The minimum absolute atomic E-state index is 0.185. The molecular weight excluding hydrogens is 476 g/mol. The van der Waals surface area contributed by atoms with Crippen molar-refractivity contribution in [3.05, 3.63) is 92.9 Å². The summed E-state index contributed by atoms with van der Waals surface area (Å²) in [6.07, 6.45) is 0. The molecule has 0 aliphatic carbocycles. The molecule has 0 spiro atoms. The zero-order valence-corrected chi connectivity index (χ0v) is 18.9. The number of fused-ring (bicyclic) bond motifs is 2. The normalized spacial score (nSPS) is 13.6.